The lowest BCUT2D eigenvalue weighted by Gasteiger charge is -1.94. The van der Waals surface area contributed by atoms with Crippen LogP contribution in [0.2, 0.25) is 0 Å². The second-order valence-corrected chi connectivity index (χ2v) is 3.61. The van der Waals surface area contributed by atoms with Crippen LogP contribution in [0, 0.1) is 11.8 Å². The zero-order chi connectivity index (χ0) is 12.3. The number of aromatic nitrogens is 1. The fourth-order valence-electron chi connectivity index (χ4n) is 1.61. The molecule has 0 bridgehead atoms. The molecule has 17 heavy (non-hydrogen) atoms. The normalized spacial score (nSPS) is 9.94. The number of carbonyl (C=O) groups is 1. The molecule has 0 amide bonds. The smallest absolute Gasteiger partial charge is 0.337 e. The molecule has 0 aliphatic rings. The molecule has 4 nitrogen and oxygen atoms in total. The van der Waals surface area contributed by atoms with Crippen molar-refractivity contribution in [2.75, 3.05) is 6.54 Å². The lowest BCUT2D eigenvalue weighted by Crippen LogP contribution is -1.95. The van der Waals surface area contributed by atoms with Gasteiger partial charge in [0.2, 0.25) is 0 Å². The minimum Gasteiger partial charge on any atom is -0.478 e. The third-order valence-corrected chi connectivity index (χ3v) is 2.41. The Morgan fingerprint density at radius 1 is 1.47 bits per heavy atom. The summed E-state index contributed by atoms with van der Waals surface area (Å²) in [6.45, 7) is 0.528. The van der Waals surface area contributed by atoms with Crippen LogP contribution in [0.4, 0.5) is 0 Å². The molecule has 2 rings (SSSR count). The molecule has 1 heterocycles. The standard InChI is InChI=1S/C13H12N2O2/c14-6-2-1-3-9-4-5-12-10(7-9)11(8-15-12)13(16)17/h4-5,7-8,15H,2,6,14H2,(H,16,17). The topological polar surface area (TPSA) is 79.1 Å². The van der Waals surface area contributed by atoms with Gasteiger partial charge in [-0.05, 0) is 18.2 Å². The molecule has 4 heteroatoms. The molecular formula is C13H12N2O2. The van der Waals surface area contributed by atoms with Crippen LogP contribution < -0.4 is 5.73 Å². The first-order valence-corrected chi connectivity index (χ1v) is 5.25. The van der Waals surface area contributed by atoms with Crippen molar-refractivity contribution < 1.29 is 9.90 Å². The summed E-state index contributed by atoms with van der Waals surface area (Å²) in [5, 5.41) is 9.68. The Balaban J connectivity index is 2.45. The number of fused-ring (bicyclic) bond motifs is 1. The van der Waals surface area contributed by atoms with Crippen molar-refractivity contribution in [3.05, 3.63) is 35.5 Å². The van der Waals surface area contributed by atoms with Crippen molar-refractivity contribution in [1.82, 2.24) is 4.98 Å². The van der Waals surface area contributed by atoms with Crippen LogP contribution in [0.25, 0.3) is 10.9 Å². The molecule has 0 atom stereocenters. The van der Waals surface area contributed by atoms with Gasteiger partial charge in [0.25, 0.3) is 0 Å². The Labute approximate surface area is 98.4 Å². The first kappa shape index (κ1) is 11.2. The highest BCUT2D eigenvalue weighted by atomic mass is 16.4. The second-order valence-electron chi connectivity index (χ2n) is 3.61. The SMILES string of the molecule is NCCC#Cc1ccc2[nH]cc(C(=O)O)c2c1. The number of aromatic amines is 1. The summed E-state index contributed by atoms with van der Waals surface area (Å²) in [5.74, 6) is 4.94. The summed E-state index contributed by atoms with van der Waals surface area (Å²) in [6.07, 6.45) is 2.13. The van der Waals surface area contributed by atoms with Gasteiger partial charge in [0.15, 0.2) is 0 Å². The number of nitrogens with two attached hydrogens (primary N) is 1. The molecular weight excluding hydrogens is 216 g/mol. The summed E-state index contributed by atoms with van der Waals surface area (Å²) in [4.78, 5) is 13.9. The lowest BCUT2D eigenvalue weighted by atomic mass is 10.1. The molecule has 0 saturated carbocycles. The monoisotopic (exact) mass is 228 g/mol. The molecule has 86 valence electrons. The van der Waals surface area contributed by atoms with E-state index in [2.05, 4.69) is 16.8 Å². The maximum absolute atomic E-state index is 11.0. The first-order valence-electron chi connectivity index (χ1n) is 5.25. The van der Waals surface area contributed by atoms with E-state index < -0.39 is 5.97 Å². The van der Waals surface area contributed by atoms with Gasteiger partial charge in [-0.3, -0.25) is 0 Å². The third-order valence-electron chi connectivity index (χ3n) is 2.41. The third kappa shape index (κ3) is 2.30. The Morgan fingerprint density at radius 3 is 3.00 bits per heavy atom. The van der Waals surface area contributed by atoms with E-state index in [9.17, 15) is 4.79 Å². The number of hydrogen-bond acceptors (Lipinski definition) is 2. The van der Waals surface area contributed by atoms with E-state index in [-0.39, 0.29) is 5.56 Å². The van der Waals surface area contributed by atoms with Crippen molar-refractivity contribution in [3.8, 4) is 11.8 Å². The average molecular weight is 228 g/mol. The fourth-order valence-corrected chi connectivity index (χ4v) is 1.61. The van der Waals surface area contributed by atoms with Crippen LogP contribution >= 0.6 is 0 Å². The van der Waals surface area contributed by atoms with Gasteiger partial charge in [0.05, 0.1) is 5.56 Å². The fraction of sp³-hybridized carbons (Fsp3) is 0.154. The van der Waals surface area contributed by atoms with Gasteiger partial charge in [-0.2, -0.15) is 0 Å². The largest absolute Gasteiger partial charge is 0.478 e. The van der Waals surface area contributed by atoms with E-state index in [0.717, 1.165) is 11.1 Å². The maximum Gasteiger partial charge on any atom is 0.337 e. The Bertz CT molecular complexity index is 617. The van der Waals surface area contributed by atoms with Crippen LogP contribution in [0.1, 0.15) is 22.3 Å². The van der Waals surface area contributed by atoms with E-state index in [1.54, 1.807) is 6.07 Å². The Hall–Kier alpha value is -2.25. The Morgan fingerprint density at radius 2 is 2.29 bits per heavy atom. The van der Waals surface area contributed by atoms with E-state index in [4.69, 9.17) is 10.8 Å². The predicted molar refractivity (Wildman–Crippen MR) is 65.8 cm³/mol. The minimum atomic E-state index is -0.941. The number of hydrogen-bond donors (Lipinski definition) is 3. The zero-order valence-electron chi connectivity index (χ0n) is 9.16. The van der Waals surface area contributed by atoms with Crippen LogP contribution in [0.15, 0.2) is 24.4 Å². The van der Waals surface area contributed by atoms with E-state index >= 15 is 0 Å². The predicted octanol–water partition coefficient (Wildman–Crippen LogP) is 1.57. The van der Waals surface area contributed by atoms with Crippen LogP contribution in [-0.2, 0) is 0 Å². The molecule has 0 saturated heterocycles. The van der Waals surface area contributed by atoms with E-state index in [0.29, 0.717) is 18.4 Å². The van der Waals surface area contributed by atoms with Gasteiger partial charge in [-0.25, -0.2) is 4.79 Å². The van der Waals surface area contributed by atoms with Crippen LogP contribution in [-0.4, -0.2) is 22.6 Å². The van der Waals surface area contributed by atoms with E-state index in [1.807, 2.05) is 12.1 Å². The highest BCUT2D eigenvalue weighted by Crippen LogP contribution is 2.19. The molecule has 0 spiro atoms. The van der Waals surface area contributed by atoms with E-state index in [1.165, 1.54) is 6.20 Å². The number of carboxylic acids is 1. The molecule has 0 unspecified atom stereocenters. The van der Waals surface area contributed by atoms with Gasteiger partial charge in [0, 0.05) is 35.6 Å². The lowest BCUT2D eigenvalue weighted by molar-refractivity contribution is 0.0699. The summed E-state index contributed by atoms with van der Waals surface area (Å²) < 4.78 is 0. The molecule has 0 fully saturated rings. The van der Waals surface area contributed by atoms with Crippen molar-refractivity contribution in [1.29, 1.82) is 0 Å². The number of aromatic carboxylic acids is 1. The average Bonchev–Trinajstić information content (AvgIpc) is 2.72. The number of H-pyrrole nitrogens is 1. The van der Waals surface area contributed by atoms with Crippen molar-refractivity contribution in [2.24, 2.45) is 5.73 Å². The van der Waals surface area contributed by atoms with Crippen LogP contribution in [0.5, 0.6) is 0 Å². The van der Waals surface area contributed by atoms with Gasteiger partial charge >= 0.3 is 5.97 Å². The number of rotatable bonds is 2. The summed E-state index contributed by atoms with van der Waals surface area (Å²) in [5.41, 5.74) is 7.21. The Kier molecular flexibility index (Phi) is 3.12. The van der Waals surface area contributed by atoms with Crippen LogP contribution in [0.3, 0.4) is 0 Å². The van der Waals surface area contributed by atoms with Crippen molar-refractivity contribution in [3.63, 3.8) is 0 Å². The van der Waals surface area contributed by atoms with Crippen molar-refractivity contribution >= 4 is 16.9 Å². The molecule has 1 aromatic carbocycles. The molecule has 1 aromatic heterocycles. The number of carboxylic acid groups (broad SMARTS) is 1. The highest BCUT2D eigenvalue weighted by molar-refractivity contribution is 6.03. The molecule has 0 aliphatic carbocycles. The number of benzene rings is 1. The summed E-state index contributed by atoms with van der Waals surface area (Å²) >= 11 is 0. The minimum absolute atomic E-state index is 0.266. The quantitative estimate of drug-likeness (QED) is 0.682. The molecule has 0 aliphatic heterocycles. The molecule has 4 N–H and O–H groups in total. The molecule has 0 radical (unpaired) electrons. The highest BCUT2D eigenvalue weighted by Gasteiger charge is 2.09. The zero-order valence-corrected chi connectivity index (χ0v) is 9.16. The summed E-state index contributed by atoms with van der Waals surface area (Å²) in [7, 11) is 0. The summed E-state index contributed by atoms with van der Waals surface area (Å²) in [6, 6.07) is 5.46. The number of nitrogens with one attached hydrogen (secondary N) is 1. The van der Waals surface area contributed by atoms with Crippen molar-refractivity contribution in [2.45, 2.75) is 6.42 Å². The van der Waals surface area contributed by atoms with Gasteiger partial charge in [0.1, 0.15) is 0 Å². The molecule has 2 aromatic rings. The van der Waals surface area contributed by atoms with Gasteiger partial charge in [-0.1, -0.05) is 11.8 Å². The van der Waals surface area contributed by atoms with Gasteiger partial charge < -0.3 is 15.8 Å². The maximum atomic E-state index is 11.0. The van der Waals surface area contributed by atoms with Gasteiger partial charge in [-0.15, -0.1) is 0 Å². The first-order chi connectivity index (χ1) is 8.22. The second kappa shape index (κ2) is 4.73.